The van der Waals surface area contributed by atoms with Crippen molar-refractivity contribution in [3.8, 4) is 0 Å². The number of nitrogens with zero attached hydrogens (tertiary/aromatic N) is 2. The fraction of sp³-hybridized carbons (Fsp3) is 0.333. The van der Waals surface area contributed by atoms with Crippen LogP contribution in [0.5, 0.6) is 0 Å². The van der Waals surface area contributed by atoms with Gasteiger partial charge in [0.2, 0.25) is 5.91 Å². The van der Waals surface area contributed by atoms with Gasteiger partial charge in [-0.25, -0.2) is 0 Å². The topological polar surface area (TPSA) is 81.1 Å². The van der Waals surface area contributed by atoms with Gasteiger partial charge in [-0.15, -0.1) is 0 Å². The highest BCUT2D eigenvalue weighted by Gasteiger charge is 2.52. The Morgan fingerprint density at radius 2 is 1.97 bits per heavy atom. The number of carbonyl (C=O) groups excluding carboxylic acids is 2. The van der Waals surface area contributed by atoms with Crippen molar-refractivity contribution in [3.63, 3.8) is 0 Å². The summed E-state index contributed by atoms with van der Waals surface area (Å²) < 4.78 is 0. The molecule has 30 heavy (non-hydrogen) atoms. The van der Waals surface area contributed by atoms with E-state index in [4.69, 9.17) is 5.11 Å². The summed E-state index contributed by atoms with van der Waals surface area (Å²) in [4.78, 5) is 28.5. The molecule has 2 aromatic rings. The minimum absolute atomic E-state index is 0.0220. The molecule has 2 aliphatic heterocycles. The summed E-state index contributed by atoms with van der Waals surface area (Å²) in [6, 6.07) is 14.9. The minimum Gasteiger partial charge on any atom is -0.396 e. The van der Waals surface area contributed by atoms with Gasteiger partial charge in [-0.1, -0.05) is 49.4 Å². The van der Waals surface area contributed by atoms with E-state index in [2.05, 4.69) is 0 Å². The Morgan fingerprint density at radius 1 is 1.17 bits per heavy atom. The van der Waals surface area contributed by atoms with Gasteiger partial charge in [0.05, 0.1) is 12.2 Å². The Kier molecular flexibility index (Phi) is 5.45. The van der Waals surface area contributed by atoms with Crippen LogP contribution in [0.4, 0.5) is 11.4 Å². The van der Waals surface area contributed by atoms with Gasteiger partial charge in [-0.3, -0.25) is 9.59 Å². The summed E-state index contributed by atoms with van der Waals surface area (Å²) in [5, 5.41) is 20.5. The van der Waals surface area contributed by atoms with Gasteiger partial charge < -0.3 is 20.0 Å². The van der Waals surface area contributed by atoms with Gasteiger partial charge in [-0.05, 0) is 30.2 Å². The molecule has 2 aromatic carbocycles. The second-order valence-corrected chi connectivity index (χ2v) is 7.87. The Labute approximate surface area is 176 Å². The number of amides is 2. The van der Waals surface area contributed by atoms with E-state index in [0.717, 1.165) is 11.3 Å². The standard InChI is InChI=1S/C24H26N2O4/c1-17(7-4-5-14-27)24(30)20-10-2-3-11-21(20)26(23(24)29)16-18-8-6-9-19(15-18)25-13-12-22(25)28/h2-4,6-11,15,17,27,30H,5,12-14,16H2,1H3/b7-4+/t17-,24+/m0/s1. The second kappa shape index (κ2) is 8.05. The molecule has 1 saturated heterocycles. The third-order valence-corrected chi connectivity index (χ3v) is 5.97. The zero-order chi connectivity index (χ0) is 21.3. The summed E-state index contributed by atoms with van der Waals surface area (Å²) >= 11 is 0. The number of aliphatic hydroxyl groups excluding tert-OH is 1. The number of benzene rings is 2. The van der Waals surface area contributed by atoms with Crippen molar-refractivity contribution in [2.45, 2.75) is 31.9 Å². The lowest BCUT2D eigenvalue weighted by molar-refractivity contribution is -0.139. The second-order valence-electron chi connectivity index (χ2n) is 7.87. The van der Waals surface area contributed by atoms with Crippen LogP contribution in [0.3, 0.4) is 0 Å². The van der Waals surface area contributed by atoms with E-state index in [9.17, 15) is 14.7 Å². The molecule has 2 aliphatic rings. The molecular formula is C24H26N2O4. The quantitative estimate of drug-likeness (QED) is 0.547. The number of hydrogen-bond donors (Lipinski definition) is 2. The smallest absolute Gasteiger partial charge is 0.264 e. The summed E-state index contributed by atoms with van der Waals surface area (Å²) in [5.74, 6) is -0.712. The Hall–Kier alpha value is -2.96. The molecule has 0 saturated carbocycles. The number of fused-ring (bicyclic) bond motifs is 1. The van der Waals surface area contributed by atoms with Crippen molar-refractivity contribution in [2.24, 2.45) is 5.92 Å². The lowest BCUT2D eigenvalue weighted by Gasteiger charge is -2.31. The van der Waals surface area contributed by atoms with Gasteiger partial charge in [-0.2, -0.15) is 0 Å². The molecular weight excluding hydrogens is 380 g/mol. The first-order valence-corrected chi connectivity index (χ1v) is 10.3. The van der Waals surface area contributed by atoms with E-state index in [-0.39, 0.29) is 18.4 Å². The van der Waals surface area contributed by atoms with E-state index in [1.807, 2.05) is 49.4 Å². The molecule has 0 aliphatic carbocycles. The average Bonchev–Trinajstić information content (AvgIpc) is 2.96. The molecule has 0 bridgehead atoms. The van der Waals surface area contributed by atoms with Crippen LogP contribution in [0.1, 0.15) is 30.9 Å². The van der Waals surface area contributed by atoms with Crippen LogP contribution in [-0.4, -0.2) is 35.2 Å². The Morgan fingerprint density at radius 3 is 2.67 bits per heavy atom. The summed E-state index contributed by atoms with van der Waals surface area (Å²) in [6.45, 7) is 2.85. The predicted octanol–water partition coefficient (Wildman–Crippen LogP) is 2.73. The van der Waals surface area contributed by atoms with Crippen LogP contribution in [0.15, 0.2) is 60.7 Å². The highest BCUT2D eigenvalue weighted by atomic mass is 16.3. The molecule has 6 heteroatoms. The molecule has 2 amide bonds. The molecule has 4 rings (SSSR count). The van der Waals surface area contributed by atoms with E-state index in [0.29, 0.717) is 37.2 Å². The van der Waals surface area contributed by atoms with Crippen LogP contribution in [-0.2, 0) is 21.7 Å². The molecule has 156 valence electrons. The first-order valence-electron chi connectivity index (χ1n) is 10.3. The molecule has 6 nitrogen and oxygen atoms in total. The van der Waals surface area contributed by atoms with Crippen LogP contribution < -0.4 is 9.80 Å². The average molecular weight is 406 g/mol. The van der Waals surface area contributed by atoms with Crippen molar-refractivity contribution in [2.75, 3.05) is 23.0 Å². The van der Waals surface area contributed by atoms with Crippen molar-refractivity contribution in [1.82, 2.24) is 0 Å². The normalized spacial score (nSPS) is 21.8. The minimum atomic E-state index is -1.66. The fourth-order valence-electron chi connectivity index (χ4n) is 4.17. The number of β-lactam (4-membered cyclic amide) rings is 1. The van der Waals surface area contributed by atoms with Gasteiger partial charge >= 0.3 is 0 Å². The summed E-state index contributed by atoms with van der Waals surface area (Å²) in [7, 11) is 0. The van der Waals surface area contributed by atoms with Gasteiger partial charge in [0.25, 0.3) is 5.91 Å². The maximum Gasteiger partial charge on any atom is 0.264 e. The van der Waals surface area contributed by atoms with Gasteiger partial charge in [0.15, 0.2) is 5.60 Å². The number of hydrogen-bond acceptors (Lipinski definition) is 4. The molecule has 0 aromatic heterocycles. The van der Waals surface area contributed by atoms with Crippen molar-refractivity contribution < 1.29 is 19.8 Å². The van der Waals surface area contributed by atoms with Gasteiger partial charge in [0, 0.05) is 36.7 Å². The SMILES string of the molecule is C[C@@H](/C=C/CCO)[C@]1(O)C(=O)N(Cc2cccc(N3CCC3=O)c2)c2ccccc21. The Balaban J connectivity index is 1.64. The number of anilines is 2. The fourth-order valence-corrected chi connectivity index (χ4v) is 4.17. The van der Waals surface area contributed by atoms with Crippen molar-refractivity contribution in [3.05, 3.63) is 71.8 Å². The highest BCUT2D eigenvalue weighted by Crippen LogP contribution is 2.45. The largest absolute Gasteiger partial charge is 0.396 e. The number of aliphatic hydroxyl groups is 2. The molecule has 0 radical (unpaired) electrons. The van der Waals surface area contributed by atoms with Crippen LogP contribution in [0.25, 0.3) is 0 Å². The predicted molar refractivity (Wildman–Crippen MR) is 115 cm³/mol. The lowest BCUT2D eigenvalue weighted by Crippen LogP contribution is -2.44. The third-order valence-electron chi connectivity index (χ3n) is 5.97. The van der Waals surface area contributed by atoms with Crippen LogP contribution in [0.2, 0.25) is 0 Å². The Bertz CT molecular complexity index is 1000. The van der Waals surface area contributed by atoms with Gasteiger partial charge in [0.1, 0.15) is 0 Å². The van der Waals surface area contributed by atoms with E-state index < -0.39 is 11.5 Å². The maximum absolute atomic E-state index is 13.4. The van der Waals surface area contributed by atoms with E-state index in [1.165, 1.54) is 0 Å². The highest BCUT2D eigenvalue weighted by molar-refractivity contribution is 6.07. The molecule has 1 fully saturated rings. The number of para-hydroxylation sites is 1. The maximum atomic E-state index is 13.4. The number of rotatable bonds is 7. The molecule has 2 N–H and O–H groups in total. The van der Waals surface area contributed by atoms with Crippen LogP contribution >= 0.6 is 0 Å². The van der Waals surface area contributed by atoms with Crippen molar-refractivity contribution >= 4 is 23.2 Å². The first kappa shape index (κ1) is 20.3. The van der Waals surface area contributed by atoms with E-state index in [1.54, 1.807) is 28.0 Å². The zero-order valence-electron chi connectivity index (χ0n) is 17.0. The molecule has 0 unspecified atom stereocenters. The monoisotopic (exact) mass is 406 g/mol. The van der Waals surface area contributed by atoms with Crippen molar-refractivity contribution in [1.29, 1.82) is 0 Å². The first-order chi connectivity index (χ1) is 14.5. The molecule has 2 heterocycles. The molecule has 2 atom stereocenters. The summed E-state index contributed by atoms with van der Waals surface area (Å²) in [5.41, 5.74) is 1.35. The lowest BCUT2D eigenvalue weighted by atomic mass is 9.83. The molecule has 0 spiro atoms. The third kappa shape index (κ3) is 3.32. The summed E-state index contributed by atoms with van der Waals surface area (Å²) in [6.07, 6.45) is 4.61. The van der Waals surface area contributed by atoms with Crippen LogP contribution in [0, 0.1) is 5.92 Å². The zero-order valence-corrected chi connectivity index (χ0v) is 17.0. The van der Waals surface area contributed by atoms with E-state index >= 15 is 0 Å². The number of carbonyl (C=O) groups is 2.